The van der Waals surface area contributed by atoms with Crippen LogP contribution in [0.2, 0.25) is 0 Å². The summed E-state index contributed by atoms with van der Waals surface area (Å²) in [5.74, 6) is -1.65. The van der Waals surface area contributed by atoms with E-state index in [4.69, 9.17) is 4.74 Å². The molecule has 18 heavy (non-hydrogen) atoms. The molecule has 1 aliphatic heterocycles. The third-order valence-corrected chi connectivity index (χ3v) is 3.64. The highest BCUT2D eigenvalue weighted by atomic mass is 16.5. The Morgan fingerprint density at radius 1 is 1.28 bits per heavy atom. The third kappa shape index (κ3) is 2.83. The van der Waals surface area contributed by atoms with Crippen molar-refractivity contribution in [3.05, 3.63) is 0 Å². The summed E-state index contributed by atoms with van der Waals surface area (Å²) in [6, 6.07) is 0. The van der Waals surface area contributed by atoms with Gasteiger partial charge in [0.25, 0.3) is 0 Å². The smallest absolute Gasteiger partial charge is 0.323 e. The van der Waals surface area contributed by atoms with Crippen molar-refractivity contribution >= 4 is 11.9 Å². The lowest BCUT2D eigenvalue weighted by atomic mass is 9.77. The largest absolute Gasteiger partial charge is 0.480 e. The second kappa shape index (κ2) is 5.26. The van der Waals surface area contributed by atoms with Gasteiger partial charge in [-0.2, -0.15) is 0 Å². The number of carboxylic acid groups (broad SMARTS) is 1. The maximum absolute atomic E-state index is 11.9. The predicted molar refractivity (Wildman–Crippen MR) is 67.3 cm³/mol. The lowest BCUT2D eigenvalue weighted by Crippen LogP contribution is -2.54. The molecular formula is C13H23NO4. The molecule has 0 amide bonds. The molecule has 0 saturated carbocycles. The Labute approximate surface area is 108 Å². The predicted octanol–water partition coefficient (Wildman–Crippen LogP) is 1.51. The van der Waals surface area contributed by atoms with Crippen LogP contribution in [0.15, 0.2) is 0 Å². The van der Waals surface area contributed by atoms with E-state index in [2.05, 4.69) is 25.7 Å². The molecule has 0 unspecified atom stereocenters. The fourth-order valence-corrected chi connectivity index (χ4v) is 2.33. The molecule has 1 heterocycles. The second-order valence-corrected chi connectivity index (χ2v) is 5.77. The summed E-state index contributed by atoms with van der Waals surface area (Å²) in [6.07, 6.45) is 0.636. The van der Waals surface area contributed by atoms with Crippen molar-refractivity contribution in [2.24, 2.45) is 5.41 Å². The molecule has 0 aromatic heterocycles. The summed E-state index contributed by atoms with van der Waals surface area (Å²) in [5, 5.41) is 9.36. The normalized spacial score (nSPS) is 20.4. The fourth-order valence-electron chi connectivity index (χ4n) is 2.33. The summed E-state index contributed by atoms with van der Waals surface area (Å²) in [4.78, 5) is 25.5. The first-order valence-electron chi connectivity index (χ1n) is 6.39. The van der Waals surface area contributed by atoms with Crippen LogP contribution in [0, 0.1) is 5.41 Å². The maximum Gasteiger partial charge on any atom is 0.323 e. The first-order valence-corrected chi connectivity index (χ1v) is 6.39. The van der Waals surface area contributed by atoms with E-state index in [-0.39, 0.29) is 12.1 Å². The van der Waals surface area contributed by atoms with E-state index in [0.717, 1.165) is 0 Å². The molecule has 0 bridgehead atoms. The summed E-state index contributed by atoms with van der Waals surface area (Å²) in [6.45, 7) is 9.39. The molecule has 5 heteroatoms. The lowest BCUT2D eigenvalue weighted by molar-refractivity contribution is -0.173. The zero-order chi connectivity index (χ0) is 14.0. The molecule has 0 radical (unpaired) electrons. The molecule has 104 valence electrons. The molecule has 1 rings (SSSR count). The van der Waals surface area contributed by atoms with E-state index in [1.807, 2.05) is 0 Å². The van der Waals surface area contributed by atoms with E-state index in [0.29, 0.717) is 25.9 Å². The average Bonchev–Trinajstić information content (AvgIpc) is 2.28. The number of hydrogen-bond acceptors (Lipinski definition) is 4. The second-order valence-electron chi connectivity index (χ2n) is 5.77. The van der Waals surface area contributed by atoms with Crippen LogP contribution in [-0.4, -0.2) is 47.2 Å². The van der Waals surface area contributed by atoms with Crippen molar-refractivity contribution in [1.29, 1.82) is 0 Å². The van der Waals surface area contributed by atoms with Crippen LogP contribution in [-0.2, 0) is 14.3 Å². The Hall–Kier alpha value is -1.10. The monoisotopic (exact) mass is 257 g/mol. The molecular weight excluding hydrogens is 234 g/mol. The number of esters is 1. The minimum absolute atomic E-state index is 0.000670. The minimum Gasteiger partial charge on any atom is -0.480 e. The molecule has 0 spiro atoms. The SMILES string of the molecule is CCOC(=O)C1(C(=O)O)CCN(C(C)(C)C)CC1. The summed E-state index contributed by atoms with van der Waals surface area (Å²) in [7, 11) is 0. The molecule has 1 fully saturated rings. The summed E-state index contributed by atoms with van der Waals surface area (Å²) >= 11 is 0. The van der Waals surface area contributed by atoms with Gasteiger partial charge in [-0.1, -0.05) is 0 Å². The van der Waals surface area contributed by atoms with Gasteiger partial charge in [0.1, 0.15) is 0 Å². The average molecular weight is 257 g/mol. The Morgan fingerprint density at radius 3 is 2.11 bits per heavy atom. The van der Waals surface area contributed by atoms with Gasteiger partial charge >= 0.3 is 11.9 Å². The molecule has 1 aliphatic rings. The summed E-state index contributed by atoms with van der Waals surface area (Å²) < 4.78 is 4.93. The Balaban J connectivity index is 2.81. The van der Waals surface area contributed by atoms with E-state index in [9.17, 15) is 14.7 Å². The van der Waals surface area contributed by atoms with E-state index < -0.39 is 17.4 Å². The van der Waals surface area contributed by atoms with Crippen molar-refractivity contribution in [2.75, 3.05) is 19.7 Å². The number of hydrogen-bond donors (Lipinski definition) is 1. The number of carbonyl (C=O) groups is 2. The van der Waals surface area contributed by atoms with Crippen molar-refractivity contribution in [1.82, 2.24) is 4.90 Å². The van der Waals surface area contributed by atoms with Crippen LogP contribution >= 0.6 is 0 Å². The van der Waals surface area contributed by atoms with Gasteiger partial charge in [0.2, 0.25) is 0 Å². The van der Waals surface area contributed by atoms with Crippen molar-refractivity contribution in [3.8, 4) is 0 Å². The number of piperidine rings is 1. The van der Waals surface area contributed by atoms with E-state index >= 15 is 0 Å². The summed E-state index contributed by atoms with van der Waals surface area (Å²) in [5.41, 5.74) is -1.35. The quantitative estimate of drug-likeness (QED) is 0.613. The third-order valence-electron chi connectivity index (χ3n) is 3.64. The fraction of sp³-hybridized carbons (Fsp3) is 0.846. The lowest BCUT2D eigenvalue weighted by Gasteiger charge is -2.43. The van der Waals surface area contributed by atoms with Crippen LogP contribution in [0.4, 0.5) is 0 Å². The topological polar surface area (TPSA) is 66.8 Å². The molecule has 0 aromatic carbocycles. The highest BCUT2D eigenvalue weighted by Crippen LogP contribution is 2.35. The van der Waals surface area contributed by atoms with Crippen molar-refractivity contribution < 1.29 is 19.4 Å². The van der Waals surface area contributed by atoms with E-state index in [1.165, 1.54) is 0 Å². The Kier molecular flexibility index (Phi) is 4.37. The highest BCUT2D eigenvalue weighted by molar-refractivity contribution is 5.99. The van der Waals surface area contributed by atoms with Gasteiger partial charge < -0.3 is 9.84 Å². The van der Waals surface area contributed by atoms with Crippen LogP contribution in [0.5, 0.6) is 0 Å². The van der Waals surface area contributed by atoms with Crippen LogP contribution in [0.3, 0.4) is 0 Å². The first-order chi connectivity index (χ1) is 8.24. The Bertz CT molecular complexity index is 324. The number of rotatable bonds is 3. The zero-order valence-corrected chi connectivity index (χ0v) is 11.7. The standard InChI is InChI=1S/C13H23NO4/c1-5-18-11(17)13(10(15)16)6-8-14(9-7-13)12(2,3)4/h5-9H2,1-4H3,(H,15,16). The number of likely N-dealkylation sites (tertiary alicyclic amines) is 1. The van der Waals surface area contributed by atoms with Crippen LogP contribution < -0.4 is 0 Å². The number of carboxylic acids is 1. The number of aliphatic carboxylic acids is 1. The molecule has 5 nitrogen and oxygen atoms in total. The van der Waals surface area contributed by atoms with Gasteiger partial charge in [0.05, 0.1) is 6.61 Å². The van der Waals surface area contributed by atoms with Crippen molar-refractivity contribution in [3.63, 3.8) is 0 Å². The molecule has 0 aromatic rings. The maximum atomic E-state index is 11.9. The molecule has 1 N–H and O–H groups in total. The van der Waals surface area contributed by atoms with Gasteiger partial charge in [0, 0.05) is 18.6 Å². The van der Waals surface area contributed by atoms with E-state index in [1.54, 1.807) is 6.92 Å². The zero-order valence-electron chi connectivity index (χ0n) is 11.7. The number of nitrogens with zero attached hydrogens (tertiary/aromatic N) is 1. The first kappa shape index (κ1) is 15.0. The van der Waals surface area contributed by atoms with Gasteiger partial charge in [-0.25, -0.2) is 0 Å². The van der Waals surface area contributed by atoms with Gasteiger partial charge in [0.15, 0.2) is 5.41 Å². The van der Waals surface area contributed by atoms with Gasteiger partial charge in [-0.3, -0.25) is 14.5 Å². The van der Waals surface area contributed by atoms with Crippen molar-refractivity contribution in [2.45, 2.75) is 46.1 Å². The Morgan fingerprint density at radius 2 is 1.78 bits per heavy atom. The minimum atomic E-state index is -1.35. The van der Waals surface area contributed by atoms with Gasteiger partial charge in [-0.05, 0) is 40.5 Å². The molecule has 0 aliphatic carbocycles. The highest BCUT2D eigenvalue weighted by Gasteiger charge is 2.50. The molecule has 1 saturated heterocycles. The number of ether oxygens (including phenoxy) is 1. The van der Waals surface area contributed by atoms with Crippen LogP contribution in [0.1, 0.15) is 40.5 Å². The number of carbonyl (C=O) groups excluding carboxylic acids is 1. The molecule has 0 atom stereocenters. The van der Waals surface area contributed by atoms with Gasteiger partial charge in [-0.15, -0.1) is 0 Å². The van der Waals surface area contributed by atoms with Crippen LogP contribution in [0.25, 0.3) is 0 Å².